The second-order valence-electron chi connectivity index (χ2n) is 6.79. The monoisotopic (exact) mass is 349 g/mol. The fourth-order valence-corrected chi connectivity index (χ4v) is 3.61. The highest BCUT2D eigenvalue weighted by Gasteiger charge is 2.23. The molecule has 134 valence electrons. The molecule has 0 aliphatic carbocycles. The van der Waals surface area contributed by atoms with Gasteiger partial charge in [-0.15, -0.1) is 0 Å². The highest BCUT2D eigenvalue weighted by molar-refractivity contribution is 5.91. The number of pyridine rings is 1. The first kappa shape index (κ1) is 16.7. The number of hydrogen-bond donors (Lipinski definition) is 1. The van der Waals surface area contributed by atoms with E-state index in [0.717, 1.165) is 43.7 Å². The molecule has 1 saturated heterocycles. The van der Waals surface area contributed by atoms with Gasteiger partial charge in [0.1, 0.15) is 5.69 Å². The molecule has 1 N–H and O–H groups in total. The standard InChI is InChI=1S/C20H23N5O/c1-21-20(26)19-10-12-25(23-19)17-6-4-11-24(14-17)13-16-9-8-15-5-2-3-7-18(15)22-16/h2-3,5,7-10,12,17H,4,6,11,13-14H2,1H3,(H,21,26)/t17-/m0/s1. The zero-order valence-corrected chi connectivity index (χ0v) is 14.9. The number of rotatable bonds is 4. The van der Waals surface area contributed by atoms with Crippen molar-refractivity contribution in [3.63, 3.8) is 0 Å². The van der Waals surface area contributed by atoms with Crippen LogP contribution in [0.5, 0.6) is 0 Å². The van der Waals surface area contributed by atoms with Gasteiger partial charge in [-0.3, -0.25) is 19.4 Å². The minimum absolute atomic E-state index is 0.142. The van der Waals surface area contributed by atoms with Crippen molar-refractivity contribution >= 4 is 16.8 Å². The van der Waals surface area contributed by atoms with Gasteiger partial charge in [0.15, 0.2) is 0 Å². The molecule has 0 saturated carbocycles. The molecule has 6 heteroatoms. The number of aromatic nitrogens is 3. The quantitative estimate of drug-likeness (QED) is 0.786. The zero-order valence-electron chi connectivity index (χ0n) is 14.9. The maximum Gasteiger partial charge on any atom is 0.271 e. The molecule has 1 aromatic carbocycles. The fraction of sp³-hybridized carbons (Fsp3) is 0.350. The molecule has 1 aliphatic rings. The number of carbonyl (C=O) groups is 1. The van der Waals surface area contributed by atoms with Gasteiger partial charge in [-0.1, -0.05) is 24.3 Å². The van der Waals surface area contributed by atoms with Crippen LogP contribution in [0.3, 0.4) is 0 Å². The Bertz CT molecular complexity index is 919. The Morgan fingerprint density at radius 2 is 2.12 bits per heavy atom. The van der Waals surface area contributed by atoms with Crippen LogP contribution in [-0.2, 0) is 6.54 Å². The van der Waals surface area contributed by atoms with Gasteiger partial charge in [-0.05, 0) is 37.6 Å². The summed E-state index contributed by atoms with van der Waals surface area (Å²) >= 11 is 0. The number of nitrogens with one attached hydrogen (secondary N) is 1. The zero-order chi connectivity index (χ0) is 17.9. The second-order valence-corrected chi connectivity index (χ2v) is 6.79. The first-order chi connectivity index (χ1) is 12.7. The van der Waals surface area contributed by atoms with E-state index in [1.54, 1.807) is 13.1 Å². The molecular formula is C20H23N5O. The summed E-state index contributed by atoms with van der Waals surface area (Å²) in [6.45, 7) is 2.82. The number of piperidine rings is 1. The molecule has 3 heterocycles. The summed E-state index contributed by atoms with van der Waals surface area (Å²) in [5.74, 6) is -0.142. The summed E-state index contributed by atoms with van der Waals surface area (Å²) in [4.78, 5) is 18.9. The van der Waals surface area contributed by atoms with Crippen molar-refractivity contribution < 1.29 is 4.79 Å². The van der Waals surface area contributed by atoms with Crippen LogP contribution in [0, 0.1) is 0 Å². The molecule has 0 unspecified atom stereocenters. The molecular weight excluding hydrogens is 326 g/mol. The minimum Gasteiger partial charge on any atom is -0.354 e. The van der Waals surface area contributed by atoms with E-state index in [2.05, 4.69) is 39.6 Å². The molecule has 1 atom stereocenters. The van der Waals surface area contributed by atoms with Crippen LogP contribution in [0.1, 0.15) is 35.1 Å². The summed E-state index contributed by atoms with van der Waals surface area (Å²) in [5, 5.41) is 8.24. The molecule has 2 aromatic heterocycles. The Balaban J connectivity index is 1.46. The molecule has 3 aromatic rings. The summed E-state index contributed by atoms with van der Waals surface area (Å²) in [7, 11) is 1.63. The van der Waals surface area contributed by atoms with E-state index in [0.29, 0.717) is 11.7 Å². The van der Waals surface area contributed by atoms with Gasteiger partial charge in [-0.2, -0.15) is 5.10 Å². The maximum atomic E-state index is 11.7. The van der Waals surface area contributed by atoms with E-state index in [1.807, 2.05) is 23.0 Å². The van der Waals surface area contributed by atoms with Gasteiger partial charge in [0, 0.05) is 31.7 Å². The van der Waals surface area contributed by atoms with E-state index in [1.165, 1.54) is 5.39 Å². The van der Waals surface area contributed by atoms with Gasteiger partial charge >= 0.3 is 0 Å². The first-order valence-corrected chi connectivity index (χ1v) is 9.07. The lowest BCUT2D eigenvalue weighted by Crippen LogP contribution is -2.36. The van der Waals surface area contributed by atoms with Crippen LogP contribution < -0.4 is 5.32 Å². The summed E-state index contributed by atoms with van der Waals surface area (Å²) in [6, 6.07) is 14.5. The average Bonchev–Trinajstić information content (AvgIpc) is 3.18. The summed E-state index contributed by atoms with van der Waals surface area (Å²) in [5.41, 5.74) is 2.61. The van der Waals surface area contributed by atoms with Crippen molar-refractivity contribution in [3.8, 4) is 0 Å². The van der Waals surface area contributed by atoms with Crippen molar-refractivity contribution in [2.75, 3.05) is 20.1 Å². The van der Waals surface area contributed by atoms with Gasteiger partial charge in [0.05, 0.1) is 17.3 Å². The number of amides is 1. The molecule has 1 fully saturated rings. The van der Waals surface area contributed by atoms with Crippen molar-refractivity contribution in [2.24, 2.45) is 0 Å². The number of nitrogens with zero attached hydrogens (tertiary/aromatic N) is 4. The fourth-order valence-electron chi connectivity index (χ4n) is 3.61. The molecule has 6 nitrogen and oxygen atoms in total. The Hall–Kier alpha value is -2.73. The summed E-state index contributed by atoms with van der Waals surface area (Å²) in [6.07, 6.45) is 4.11. The van der Waals surface area contributed by atoms with E-state index in [4.69, 9.17) is 4.98 Å². The van der Waals surface area contributed by atoms with Gasteiger partial charge in [0.2, 0.25) is 0 Å². The van der Waals surface area contributed by atoms with E-state index in [9.17, 15) is 4.79 Å². The highest BCUT2D eigenvalue weighted by atomic mass is 16.1. The largest absolute Gasteiger partial charge is 0.354 e. The first-order valence-electron chi connectivity index (χ1n) is 9.07. The molecule has 0 bridgehead atoms. The van der Waals surface area contributed by atoms with Crippen LogP contribution in [0.4, 0.5) is 0 Å². The lowest BCUT2D eigenvalue weighted by atomic mass is 10.1. The molecule has 26 heavy (non-hydrogen) atoms. The van der Waals surface area contributed by atoms with Crippen LogP contribution in [0.2, 0.25) is 0 Å². The Kier molecular flexibility index (Phi) is 4.67. The smallest absolute Gasteiger partial charge is 0.271 e. The van der Waals surface area contributed by atoms with Gasteiger partial charge in [-0.25, -0.2) is 0 Å². The third-order valence-corrected chi connectivity index (χ3v) is 4.96. The molecule has 0 spiro atoms. The van der Waals surface area contributed by atoms with Gasteiger partial charge in [0.25, 0.3) is 5.91 Å². The van der Waals surface area contributed by atoms with Crippen molar-refractivity contribution in [3.05, 3.63) is 60.0 Å². The lowest BCUT2D eigenvalue weighted by Gasteiger charge is -2.32. The van der Waals surface area contributed by atoms with Crippen LogP contribution in [-0.4, -0.2) is 45.7 Å². The second kappa shape index (κ2) is 7.25. The van der Waals surface area contributed by atoms with E-state index in [-0.39, 0.29) is 5.91 Å². The Morgan fingerprint density at radius 3 is 3.00 bits per heavy atom. The predicted octanol–water partition coefficient (Wildman–Crippen LogP) is 2.63. The molecule has 1 amide bonds. The minimum atomic E-state index is -0.142. The number of hydrogen-bond acceptors (Lipinski definition) is 4. The SMILES string of the molecule is CNC(=O)c1ccn([C@H]2CCCN(Cc3ccc4ccccc4n3)C2)n1. The third-order valence-electron chi connectivity index (χ3n) is 4.96. The van der Waals surface area contributed by atoms with Crippen molar-refractivity contribution in [1.29, 1.82) is 0 Å². The Morgan fingerprint density at radius 1 is 1.23 bits per heavy atom. The summed E-state index contributed by atoms with van der Waals surface area (Å²) < 4.78 is 1.94. The normalized spacial score (nSPS) is 18.1. The number of benzene rings is 1. The highest BCUT2D eigenvalue weighted by Crippen LogP contribution is 2.23. The van der Waals surface area contributed by atoms with E-state index < -0.39 is 0 Å². The lowest BCUT2D eigenvalue weighted by molar-refractivity contribution is 0.0955. The van der Waals surface area contributed by atoms with Crippen LogP contribution >= 0.6 is 0 Å². The van der Waals surface area contributed by atoms with Crippen LogP contribution in [0.25, 0.3) is 10.9 Å². The molecule has 4 rings (SSSR count). The van der Waals surface area contributed by atoms with Crippen LogP contribution in [0.15, 0.2) is 48.7 Å². The average molecular weight is 349 g/mol. The molecule has 0 radical (unpaired) electrons. The van der Waals surface area contributed by atoms with Crippen molar-refractivity contribution in [2.45, 2.75) is 25.4 Å². The van der Waals surface area contributed by atoms with Gasteiger partial charge < -0.3 is 5.32 Å². The maximum absolute atomic E-state index is 11.7. The number of para-hydroxylation sites is 1. The van der Waals surface area contributed by atoms with E-state index >= 15 is 0 Å². The number of likely N-dealkylation sites (tertiary alicyclic amines) is 1. The number of carbonyl (C=O) groups excluding carboxylic acids is 1. The third kappa shape index (κ3) is 3.46. The molecule has 1 aliphatic heterocycles. The van der Waals surface area contributed by atoms with Crippen molar-refractivity contribution in [1.82, 2.24) is 25.0 Å². The number of fused-ring (bicyclic) bond motifs is 1. The topological polar surface area (TPSA) is 63.1 Å². The predicted molar refractivity (Wildman–Crippen MR) is 101 cm³/mol. The Labute approximate surface area is 152 Å².